The van der Waals surface area contributed by atoms with Gasteiger partial charge in [0, 0.05) is 25.9 Å². The lowest BCUT2D eigenvalue weighted by atomic mass is 10.1. The van der Waals surface area contributed by atoms with Crippen LogP contribution in [0.2, 0.25) is 0 Å². The van der Waals surface area contributed by atoms with Crippen molar-refractivity contribution < 1.29 is 9.59 Å². The van der Waals surface area contributed by atoms with E-state index in [1.54, 1.807) is 0 Å². The van der Waals surface area contributed by atoms with Crippen LogP contribution in [0.1, 0.15) is 110 Å². The van der Waals surface area contributed by atoms with Crippen molar-refractivity contribution in [3.8, 4) is 0 Å². The molecule has 1 aliphatic rings. The van der Waals surface area contributed by atoms with Gasteiger partial charge >= 0.3 is 0 Å². The molecule has 4 heteroatoms. The van der Waals surface area contributed by atoms with Gasteiger partial charge in [-0.05, 0) is 32.4 Å². The molecular weight excluding hydrogens is 360 g/mol. The third-order valence-corrected chi connectivity index (χ3v) is 6.10. The molecule has 0 spiro atoms. The van der Waals surface area contributed by atoms with Crippen LogP contribution in [-0.4, -0.2) is 60.6 Å². The molecule has 0 aromatic rings. The minimum absolute atomic E-state index is 0.396. The van der Waals surface area contributed by atoms with Gasteiger partial charge in [-0.1, -0.05) is 78.1 Å². The summed E-state index contributed by atoms with van der Waals surface area (Å²) in [6.45, 7) is 9.51. The molecule has 0 saturated carbocycles. The number of hydrogen-bond donors (Lipinski definition) is 0. The average molecular weight is 409 g/mol. The van der Waals surface area contributed by atoms with Crippen molar-refractivity contribution in [3.05, 3.63) is 0 Å². The molecule has 0 aliphatic carbocycles. The van der Waals surface area contributed by atoms with Gasteiger partial charge in [-0.25, -0.2) is 0 Å². The van der Waals surface area contributed by atoms with Crippen molar-refractivity contribution in [2.45, 2.75) is 110 Å². The summed E-state index contributed by atoms with van der Waals surface area (Å²) >= 11 is 0. The highest BCUT2D eigenvalue weighted by Crippen LogP contribution is 2.10. The van der Waals surface area contributed by atoms with Crippen LogP contribution in [0.3, 0.4) is 0 Å². The van der Waals surface area contributed by atoms with Crippen molar-refractivity contribution >= 4 is 11.6 Å². The Morgan fingerprint density at radius 3 is 1.34 bits per heavy atom. The predicted octanol–water partition coefficient (Wildman–Crippen LogP) is 5.63. The lowest BCUT2D eigenvalue weighted by Gasteiger charge is -2.21. The van der Waals surface area contributed by atoms with Gasteiger partial charge in [0.15, 0.2) is 0 Å². The van der Waals surface area contributed by atoms with Crippen LogP contribution in [-0.2, 0) is 9.59 Å². The zero-order chi connectivity index (χ0) is 21.2. The van der Waals surface area contributed by atoms with Crippen LogP contribution >= 0.6 is 0 Å². The van der Waals surface area contributed by atoms with E-state index in [0.717, 1.165) is 58.3 Å². The van der Waals surface area contributed by atoms with Crippen LogP contribution in [0.4, 0.5) is 0 Å². The number of carbonyl (C=O) groups excluding carboxylic acids is 2. The first-order chi connectivity index (χ1) is 14.2. The van der Waals surface area contributed by atoms with E-state index in [1.807, 2.05) is 0 Å². The molecule has 0 amide bonds. The fourth-order valence-electron chi connectivity index (χ4n) is 4.20. The maximum atomic E-state index is 12.3. The second-order valence-corrected chi connectivity index (χ2v) is 9.02. The standard InChI is InChI=1S/C25H48N2O2/c1-3-5-7-9-11-13-16-24(28)22-26-18-15-19-27(21-20-26)23-25(29)17-14-12-10-8-6-4-2/h3-23H2,1-2H3. The average Bonchev–Trinajstić information content (AvgIpc) is 2.92. The fraction of sp³-hybridized carbons (Fsp3) is 0.920. The second kappa shape index (κ2) is 18.1. The molecule has 0 atom stereocenters. The molecule has 29 heavy (non-hydrogen) atoms. The molecule has 1 aliphatic heterocycles. The summed E-state index contributed by atoms with van der Waals surface area (Å²) in [5.74, 6) is 0.793. The summed E-state index contributed by atoms with van der Waals surface area (Å²) in [6, 6.07) is 0. The first-order valence-corrected chi connectivity index (χ1v) is 12.6. The maximum Gasteiger partial charge on any atom is 0.146 e. The highest BCUT2D eigenvalue weighted by Gasteiger charge is 2.18. The maximum absolute atomic E-state index is 12.3. The van der Waals surface area contributed by atoms with Gasteiger partial charge in [0.2, 0.25) is 0 Å². The van der Waals surface area contributed by atoms with E-state index in [9.17, 15) is 9.59 Å². The summed E-state index contributed by atoms with van der Waals surface area (Å²) < 4.78 is 0. The Bertz CT molecular complexity index is 387. The Kier molecular flexibility index (Phi) is 16.4. The number of rotatable bonds is 18. The first-order valence-electron chi connectivity index (χ1n) is 12.6. The highest BCUT2D eigenvalue weighted by atomic mass is 16.1. The van der Waals surface area contributed by atoms with Crippen molar-refractivity contribution in [3.63, 3.8) is 0 Å². The first kappa shape index (κ1) is 26.3. The van der Waals surface area contributed by atoms with Gasteiger partial charge in [-0.15, -0.1) is 0 Å². The molecular formula is C25H48N2O2. The SMILES string of the molecule is CCCCCCCCC(=O)CN1CCCN(CC(=O)CCCCCCCC)CC1. The van der Waals surface area contributed by atoms with Gasteiger partial charge in [0.05, 0.1) is 13.1 Å². The number of unbranched alkanes of at least 4 members (excludes halogenated alkanes) is 10. The Morgan fingerprint density at radius 2 is 0.931 bits per heavy atom. The van der Waals surface area contributed by atoms with E-state index in [-0.39, 0.29) is 0 Å². The van der Waals surface area contributed by atoms with Crippen molar-refractivity contribution in [1.29, 1.82) is 0 Å². The van der Waals surface area contributed by atoms with E-state index in [4.69, 9.17) is 0 Å². The number of ketones is 2. The summed E-state index contributed by atoms with van der Waals surface area (Å²) in [6.07, 6.45) is 17.4. The van der Waals surface area contributed by atoms with Gasteiger partial charge in [0.25, 0.3) is 0 Å². The monoisotopic (exact) mass is 408 g/mol. The second-order valence-electron chi connectivity index (χ2n) is 9.02. The van der Waals surface area contributed by atoms with Crippen molar-refractivity contribution in [2.24, 2.45) is 0 Å². The molecule has 1 fully saturated rings. The number of hydrogen-bond acceptors (Lipinski definition) is 4. The Labute approximate surface area is 180 Å². The van der Waals surface area contributed by atoms with Crippen LogP contribution in [0.15, 0.2) is 0 Å². The summed E-state index contributed by atoms with van der Waals surface area (Å²) in [4.78, 5) is 29.2. The predicted molar refractivity (Wildman–Crippen MR) is 123 cm³/mol. The summed E-state index contributed by atoms with van der Waals surface area (Å²) in [5.41, 5.74) is 0. The normalized spacial score (nSPS) is 16.1. The van der Waals surface area contributed by atoms with E-state index < -0.39 is 0 Å². The summed E-state index contributed by atoms with van der Waals surface area (Å²) in [7, 11) is 0. The third kappa shape index (κ3) is 14.8. The van der Waals surface area contributed by atoms with E-state index in [2.05, 4.69) is 23.6 Å². The van der Waals surface area contributed by atoms with Gasteiger partial charge in [-0.3, -0.25) is 19.4 Å². The Balaban J connectivity index is 2.10. The number of Topliss-reactive ketones (excluding diaryl/α,β-unsaturated/α-hetero) is 2. The topological polar surface area (TPSA) is 40.6 Å². The van der Waals surface area contributed by atoms with Crippen LogP contribution in [0, 0.1) is 0 Å². The molecule has 4 nitrogen and oxygen atoms in total. The van der Waals surface area contributed by atoms with Gasteiger partial charge in [0.1, 0.15) is 11.6 Å². The third-order valence-electron chi connectivity index (χ3n) is 6.10. The Morgan fingerprint density at radius 1 is 0.552 bits per heavy atom. The molecule has 1 heterocycles. The number of nitrogens with zero attached hydrogens (tertiary/aromatic N) is 2. The molecule has 1 rings (SSSR count). The smallest absolute Gasteiger partial charge is 0.146 e. The lowest BCUT2D eigenvalue weighted by molar-refractivity contribution is -0.121. The molecule has 170 valence electrons. The summed E-state index contributed by atoms with van der Waals surface area (Å²) in [5, 5.41) is 0. The zero-order valence-corrected chi connectivity index (χ0v) is 19.6. The molecule has 0 aromatic heterocycles. The van der Waals surface area contributed by atoms with Gasteiger partial charge < -0.3 is 0 Å². The Hall–Kier alpha value is -0.740. The largest absolute Gasteiger partial charge is 0.298 e. The van der Waals surface area contributed by atoms with Gasteiger partial charge in [-0.2, -0.15) is 0 Å². The molecule has 0 N–H and O–H groups in total. The highest BCUT2D eigenvalue weighted by molar-refractivity contribution is 5.80. The van der Waals surface area contributed by atoms with Crippen molar-refractivity contribution in [2.75, 3.05) is 39.3 Å². The quantitative estimate of drug-likeness (QED) is 0.275. The zero-order valence-electron chi connectivity index (χ0n) is 19.6. The molecule has 0 unspecified atom stereocenters. The van der Waals surface area contributed by atoms with Crippen LogP contribution < -0.4 is 0 Å². The van der Waals surface area contributed by atoms with E-state index in [0.29, 0.717) is 24.7 Å². The minimum atomic E-state index is 0.396. The molecule has 1 saturated heterocycles. The van der Waals surface area contributed by atoms with Crippen molar-refractivity contribution in [1.82, 2.24) is 9.80 Å². The minimum Gasteiger partial charge on any atom is -0.298 e. The fourth-order valence-corrected chi connectivity index (χ4v) is 4.20. The number of carbonyl (C=O) groups is 2. The van der Waals surface area contributed by atoms with E-state index in [1.165, 1.54) is 64.2 Å². The lowest BCUT2D eigenvalue weighted by Crippen LogP contribution is -2.36. The molecule has 0 bridgehead atoms. The van der Waals surface area contributed by atoms with Crippen LogP contribution in [0.5, 0.6) is 0 Å². The molecule has 0 aromatic carbocycles. The van der Waals surface area contributed by atoms with E-state index >= 15 is 0 Å². The molecule has 0 radical (unpaired) electrons. The van der Waals surface area contributed by atoms with Crippen LogP contribution in [0.25, 0.3) is 0 Å².